The lowest BCUT2D eigenvalue weighted by Gasteiger charge is -2.29. The van der Waals surface area contributed by atoms with Gasteiger partial charge in [0.2, 0.25) is 5.91 Å². The fourth-order valence-corrected chi connectivity index (χ4v) is 7.12. The van der Waals surface area contributed by atoms with E-state index >= 15 is 0 Å². The number of phosphoric ester groups is 1. The summed E-state index contributed by atoms with van der Waals surface area (Å²) in [6.07, 6.45) is 46.2. The van der Waals surface area contributed by atoms with Crippen molar-refractivity contribution in [1.82, 2.24) is 5.32 Å². The van der Waals surface area contributed by atoms with Gasteiger partial charge in [-0.3, -0.25) is 9.36 Å². The predicted molar refractivity (Wildman–Crippen MR) is 233 cm³/mol. The molecule has 2 N–H and O–H groups in total. The van der Waals surface area contributed by atoms with Crippen molar-refractivity contribution in [3.8, 4) is 0 Å². The summed E-state index contributed by atoms with van der Waals surface area (Å²) in [6, 6.07) is -0.905. The van der Waals surface area contributed by atoms with E-state index in [1.54, 1.807) is 6.08 Å². The monoisotopic (exact) mass is 797 g/mol. The number of hydrogen-bond donors (Lipinski definition) is 2. The number of unbranched alkanes of at least 4 members (excludes halogenated alkanes) is 24. The van der Waals surface area contributed by atoms with Crippen LogP contribution in [0.2, 0.25) is 0 Å². The fraction of sp³-hybridized carbons (Fsp3) is 0.848. The molecule has 0 radical (unpaired) electrons. The summed E-state index contributed by atoms with van der Waals surface area (Å²) < 4.78 is 23.2. The van der Waals surface area contributed by atoms with Crippen LogP contribution >= 0.6 is 7.82 Å². The largest absolute Gasteiger partial charge is 0.756 e. The fourth-order valence-electron chi connectivity index (χ4n) is 6.40. The Morgan fingerprint density at radius 2 is 1.02 bits per heavy atom. The first-order chi connectivity index (χ1) is 26.5. The molecule has 0 saturated heterocycles. The highest BCUT2D eigenvalue weighted by Gasteiger charge is 2.23. The molecule has 8 nitrogen and oxygen atoms in total. The third-order valence-electron chi connectivity index (χ3n) is 10.1. The minimum Gasteiger partial charge on any atom is -0.756 e. The number of aliphatic hydroxyl groups is 1. The van der Waals surface area contributed by atoms with Gasteiger partial charge in [-0.25, -0.2) is 0 Å². The summed E-state index contributed by atoms with van der Waals surface area (Å²) in [5.41, 5.74) is 0. The second-order valence-corrected chi connectivity index (χ2v) is 18.2. The maximum Gasteiger partial charge on any atom is 0.268 e. The molecule has 1 amide bonds. The lowest BCUT2D eigenvalue weighted by atomic mass is 10.0. The number of rotatable bonds is 41. The van der Waals surface area contributed by atoms with Crippen LogP contribution in [0, 0.1) is 0 Å². The maximum atomic E-state index is 12.8. The number of nitrogens with one attached hydrogen (secondary N) is 1. The van der Waals surface area contributed by atoms with E-state index < -0.39 is 26.6 Å². The molecule has 0 aromatic rings. The number of amides is 1. The number of quaternary nitrogens is 1. The topological polar surface area (TPSA) is 108 Å². The number of allylic oxidation sites excluding steroid dienone is 5. The van der Waals surface area contributed by atoms with Gasteiger partial charge in [-0.1, -0.05) is 172 Å². The van der Waals surface area contributed by atoms with Gasteiger partial charge in [-0.05, 0) is 57.8 Å². The molecule has 0 aromatic carbocycles. The molecule has 0 spiro atoms. The molecule has 0 bridgehead atoms. The van der Waals surface area contributed by atoms with Crippen molar-refractivity contribution in [3.05, 3.63) is 36.5 Å². The summed E-state index contributed by atoms with van der Waals surface area (Å²) in [7, 11) is 1.24. The lowest BCUT2D eigenvalue weighted by molar-refractivity contribution is -0.870. The van der Waals surface area contributed by atoms with Gasteiger partial charge in [0.1, 0.15) is 13.2 Å². The molecule has 324 valence electrons. The Labute approximate surface area is 340 Å². The predicted octanol–water partition coefficient (Wildman–Crippen LogP) is 12.1. The van der Waals surface area contributed by atoms with Crippen LogP contribution in [0.15, 0.2) is 36.5 Å². The summed E-state index contributed by atoms with van der Waals surface area (Å²) in [5.74, 6) is -0.217. The van der Waals surface area contributed by atoms with Crippen LogP contribution in [-0.4, -0.2) is 68.5 Å². The molecule has 55 heavy (non-hydrogen) atoms. The van der Waals surface area contributed by atoms with Crippen LogP contribution in [-0.2, 0) is 18.4 Å². The number of hydrogen-bond acceptors (Lipinski definition) is 6. The highest BCUT2D eigenvalue weighted by molar-refractivity contribution is 7.45. The van der Waals surface area contributed by atoms with Crippen molar-refractivity contribution in [2.24, 2.45) is 0 Å². The second kappa shape index (κ2) is 38.2. The van der Waals surface area contributed by atoms with Crippen molar-refractivity contribution < 1.29 is 32.9 Å². The molecule has 3 unspecified atom stereocenters. The summed E-state index contributed by atoms with van der Waals surface area (Å²) in [4.78, 5) is 25.3. The first kappa shape index (κ1) is 53.7. The normalized spacial score (nSPS) is 14.7. The molecule has 0 rings (SSSR count). The standard InChI is InChI=1S/C46H89N2O6P/c1-6-8-10-12-14-16-18-20-21-22-23-24-25-26-28-29-31-33-35-37-39-45(49)44(43-54-55(51,52)53-42-41-48(3,4)5)47-46(50)40-38-36-34-32-30-27-19-17-15-13-11-9-7-2/h17,19,29,31,37,39,44-45,49H,6-16,18,20-28,30,32-36,38,40-43H2,1-5H3,(H-,47,50,51,52)/b19-17-,31-29+,39-37+. The molecule has 9 heteroatoms. The van der Waals surface area contributed by atoms with E-state index in [1.807, 2.05) is 27.2 Å². The van der Waals surface area contributed by atoms with Gasteiger partial charge in [-0.2, -0.15) is 0 Å². The van der Waals surface area contributed by atoms with Crippen molar-refractivity contribution in [1.29, 1.82) is 0 Å². The molecule has 0 heterocycles. The van der Waals surface area contributed by atoms with Gasteiger partial charge in [0, 0.05) is 6.42 Å². The average Bonchev–Trinajstić information content (AvgIpc) is 3.13. The molecule has 0 aromatic heterocycles. The Morgan fingerprint density at radius 3 is 1.49 bits per heavy atom. The number of carbonyl (C=O) groups excluding carboxylic acids is 1. The van der Waals surface area contributed by atoms with Crippen LogP contribution in [0.1, 0.15) is 200 Å². The van der Waals surface area contributed by atoms with Crippen LogP contribution in [0.5, 0.6) is 0 Å². The first-order valence-electron chi connectivity index (χ1n) is 22.9. The zero-order chi connectivity index (χ0) is 40.7. The third kappa shape index (κ3) is 40.7. The number of likely N-dealkylation sites (N-methyl/N-ethyl adjacent to an activating group) is 1. The molecular formula is C46H89N2O6P. The summed E-state index contributed by atoms with van der Waals surface area (Å²) in [5, 5.41) is 13.8. The smallest absolute Gasteiger partial charge is 0.268 e. The quantitative estimate of drug-likeness (QED) is 0.0276. The molecule has 0 aliphatic heterocycles. The highest BCUT2D eigenvalue weighted by atomic mass is 31.2. The zero-order valence-electron chi connectivity index (χ0n) is 36.6. The van der Waals surface area contributed by atoms with Gasteiger partial charge in [-0.15, -0.1) is 0 Å². The number of nitrogens with zero attached hydrogens (tertiary/aromatic N) is 1. The van der Waals surface area contributed by atoms with Crippen LogP contribution in [0.4, 0.5) is 0 Å². The van der Waals surface area contributed by atoms with E-state index in [2.05, 4.69) is 43.5 Å². The Kier molecular flexibility index (Phi) is 37.4. The summed E-state index contributed by atoms with van der Waals surface area (Å²) in [6.45, 7) is 4.60. The van der Waals surface area contributed by atoms with Crippen molar-refractivity contribution >= 4 is 13.7 Å². The van der Waals surface area contributed by atoms with Crippen LogP contribution in [0.25, 0.3) is 0 Å². The van der Waals surface area contributed by atoms with Gasteiger partial charge in [0.15, 0.2) is 0 Å². The Morgan fingerprint density at radius 1 is 0.618 bits per heavy atom. The average molecular weight is 797 g/mol. The Hall–Kier alpha value is -1.28. The Balaban J connectivity index is 4.44. The molecular weight excluding hydrogens is 707 g/mol. The van der Waals surface area contributed by atoms with Gasteiger partial charge in [0.05, 0.1) is 39.9 Å². The number of aliphatic hydroxyl groups excluding tert-OH is 1. The molecule has 0 fully saturated rings. The Bertz CT molecular complexity index is 995. The summed E-state index contributed by atoms with van der Waals surface area (Å²) >= 11 is 0. The van der Waals surface area contributed by atoms with E-state index in [0.29, 0.717) is 17.4 Å². The van der Waals surface area contributed by atoms with Gasteiger partial charge in [0.25, 0.3) is 7.82 Å². The minimum atomic E-state index is -4.60. The van der Waals surface area contributed by atoms with E-state index in [1.165, 1.54) is 122 Å². The minimum absolute atomic E-state index is 0.00792. The van der Waals surface area contributed by atoms with Crippen LogP contribution in [0.3, 0.4) is 0 Å². The van der Waals surface area contributed by atoms with E-state index in [0.717, 1.165) is 57.8 Å². The zero-order valence-corrected chi connectivity index (χ0v) is 37.5. The van der Waals surface area contributed by atoms with E-state index in [4.69, 9.17) is 9.05 Å². The number of carbonyl (C=O) groups is 1. The third-order valence-corrected chi connectivity index (χ3v) is 11.0. The molecule has 3 atom stereocenters. The van der Waals surface area contributed by atoms with Crippen molar-refractivity contribution in [2.75, 3.05) is 40.9 Å². The highest BCUT2D eigenvalue weighted by Crippen LogP contribution is 2.38. The van der Waals surface area contributed by atoms with Crippen molar-refractivity contribution in [2.45, 2.75) is 212 Å². The lowest BCUT2D eigenvalue weighted by Crippen LogP contribution is -2.45. The van der Waals surface area contributed by atoms with Crippen LogP contribution < -0.4 is 10.2 Å². The van der Waals surface area contributed by atoms with E-state index in [9.17, 15) is 19.4 Å². The molecule has 0 aliphatic carbocycles. The maximum absolute atomic E-state index is 12.8. The molecule has 0 saturated carbocycles. The number of phosphoric acid groups is 1. The van der Waals surface area contributed by atoms with Gasteiger partial charge >= 0.3 is 0 Å². The second-order valence-electron chi connectivity index (χ2n) is 16.7. The van der Waals surface area contributed by atoms with E-state index in [-0.39, 0.29) is 12.5 Å². The van der Waals surface area contributed by atoms with Gasteiger partial charge < -0.3 is 28.8 Å². The molecule has 0 aliphatic rings. The first-order valence-corrected chi connectivity index (χ1v) is 24.3. The van der Waals surface area contributed by atoms with Crippen molar-refractivity contribution in [3.63, 3.8) is 0 Å². The SMILES string of the molecule is CCCCCC/C=C\CCCCCCCC(=O)NC(COP(=O)([O-])OCC[N+](C)(C)C)C(O)/C=C/CC/C=C/CCCCCCCCCCCCCCCC.